The van der Waals surface area contributed by atoms with Crippen molar-refractivity contribution in [3.63, 3.8) is 0 Å². The number of halogens is 1. The molecule has 1 nitrogen and oxygen atoms in total. The first-order chi connectivity index (χ1) is 6.73. The van der Waals surface area contributed by atoms with Crippen LogP contribution in [0.15, 0.2) is 17.5 Å². The van der Waals surface area contributed by atoms with Crippen LogP contribution >= 0.6 is 22.9 Å². The van der Waals surface area contributed by atoms with Crippen LogP contribution in [0.1, 0.15) is 37.5 Å². The van der Waals surface area contributed by atoms with Crippen molar-refractivity contribution in [3.8, 4) is 0 Å². The fourth-order valence-corrected chi connectivity index (χ4v) is 2.74. The molecular formula is C11H17ClOS. The molecular weight excluding hydrogens is 216 g/mol. The van der Waals surface area contributed by atoms with Crippen LogP contribution < -0.4 is 0 Å². The summed E-state index contributed by atoms with van der Waals surface area (Å²) in [4.78, 5) is 1.05. The molecule has 80 valence electrons. The van der Waals surface area contributed by atoms with Crippen molar-refractivity contribution in [1.82, 2.24) is 0 Å². The van der Waals surface area contributed by atoms with E-state index in [2.05, 4.69) is 6.92 Å². The van der Waals surface area contributed by atoms with Crippen molar-refractivity contribution < 1.29 is 5.11 Å². The maximum Gasteiger partial charge on any atom is 0.0999 e. The van der Waals surface area contributed by atoms with Gasteiger partial charge in [-0.15, -0.1) is 22.9 Å². The first kappa shape index (κ1) is 12.0. The molecule has 0 radical (unpaired) electrons. The molecule has 1 rings (SSSR count). The summed E-state index contributed by atoms with van der Waals surface area (Å²) < 4.78 is 0. The number of alkyl halides is 1. The summed E-state index contributed by atoms with van der Waals surface area (Å²) in [6.45, 7) is 2.13. The number of unbranched alkanes of at least 4 members (excludes halogenated alkanes) is 1. The molecule has 0 saturated carbocycles. The van der Waals surface area contributed by atoms with Crippen molar-refractivity contribution in [2.75, 3.05) is 5.88 Å². The first-order valence-corrected chi connectivity index (χ1v) is 6.46. The molecule has 0 aliphatic rings. The Balaban J connectivity index is 2.70. The van der Waals surface area contributed by atoms with Crippen LogP contribution in [0.2, 0.25) is 0 Å². The fraction of sp³-hybridized carbons (Fsp3) is 0.636. The van der Waals surface area contributed by atoms with Gasteiger partial charge in [0.25, 0.3) is 0 Å². The topological polar surface area (TPSA) is 20.2 Å². The average Bonchev–Trinajstić information content (AvgIpc) is 2.68. The highest BCUT2D eigenvalue weighted by Gasteiger charge is 2.28. The lowest BCUT2D eigenvalue weighted by atomic mass is 9.92. The molecule has 1 aromatic rings. The van der Waals surface area contributed by atoms with Gasteiger partial charge < -0.3 is 5.11 Å². The molecule has 0 bridgehead atoms. The summed E-state index contributed by atoms with van der Waals surface area (Å²) >= 11 is 7.34. The van der Waals surface area contributed by atoms with Gasteiger partial charge in [0.1, 0.15) is 0 Å². The van der Waals surface area contributed by atoms with Gasteiger partial charge in [-0.05, 0) is 24.3 Å². The second-order valence-electron chi connectivity index (χ2n) is 3.55. The second kappa shape index (κ2) is 5.74. The molecule has 0 spiro atoms. The Bertz CT molecular complexity index is 248. The summed E-state index contributed by atoms with van der Waals surface area (Å²) in [5.41, 5.74) is -0.689. The second-order valence-corrected chi connectivity index (χ2v) is 4.88. The molecule has 1 aromatic heterocycles. The van der Waals surface area contributed by atoms with E-state index in [1.54, 1.807) is 11.3 Å². The van der Waals surface area contributed by atoms with Gasteiger partial charge in [-0.2, -0.15) is 0 Å². The van der Waals surface area contributed by atoms with Crippen LogP contribution in [-0.4, -0.2) is 11.0 Å². The van der Waals surface area contributed by atoms with Gasteiger partial charge in [0.15, 0.2) is 0 Å². The smallest absolute Gasteiger partial charge is 0.0999 e. The van der Waals surface area contributed by atoms with Gasteiger partial charge in [-0.1, -0.05) is 25.8 Å². The Labute approximate surface area is 94.7 Å². The number of hydrogen-bond donors (Lipinski definition) is 1. The molecule has 3 heteroatoms. The quantitative estimate of drug-likeness (QED) is 0.741. The van der Waals surface area contributed by atoms with Crippen LogP contribution in [0.4, 0.5) is 0 Å². The van der Waals surface area contributed by atoms with E-state index in [1.807, 2.05) is 17.5 Å². The van der Waals surface area contributed by atoms with E-state index in [0.717, 1.165) is 24.1 Å². The van der Waals surface area contributed by atoms with E-state index in [-0.39, 0.29) is 0 Å². The van der Waals surface area contributed by atoms with E-state index in [0.29, 0.717) is 12.3 Å². The highest BCUT2D eigenvalue weighted by atomic mass is 35.5. The van der Waals surface area contributed by atoms with E-state index in [1.165, 1.54) is 0 Å². The minimum absolute atomic E-state index is 0.512. The molecule has 0 aliphatic carbocycles. The van der Waals surface area contributed by atoms with Crippen molar-refractivity contribution in [1.29, 1.82) is 0 Å². The van der Waals surface area contributed by atoms with E-state index in [4.69, 9.17) is 11.6 Å². The molecule has 0 fully saturated rings. The molecule has 1 N–H and O–H groups in total. The number of rotatable bonds is 6. The normalized spacial score (nSPS) is 15.4. The van der Waals surface area contributed by atoms with Gasteiger partial charge in [0.2, 0.25) is 0 Å². The Kier molecular flexibility index (Phi) is 4.93. The third-order valence-corrected chi connectivity index (χ3v) is 3.68. The minimum Gasteiger partial charge on any atom is -0.384 e. The third kappa shape index (κ3) is 2.97. The van der Waals surface area contributed by atoms with Crippen molar-refractivity contribution in [2.45, 2.75) is 38.2 Å². The number of aliphatic hydroxyl groups is 1. The number of thiophene rings is 1. The Morgan fingerprint density at radius 3 is 2.79 bits per heavy atom. The molecule has 0 aromatic carbocycles. The fourth-order valence-electron chi connectivity index (χ4n) is 1.54. The van der Waals surface area contributed by atoms with Crippen LogP contribution in [-0.2, 0) is 5.60 Å². The zero-order valence-corrected chi connectivity index (χ0v) is 10.1. The summed E-state index contributed by atoms with van der Waals surface area (Å²) in [5.74, 6) is 0.512. The lowest BCUT2D eigenvalue weighted by Crippen LogP contribution is -2.25. The van der Waals surface area contributed by atoms with Crippen molar-refractivity contribution in [3.05, 3.63) is 22.4 Å². The van der Waals surface area contributed by atoms with Gasteiger partial charge in [0, 0.05) is 10.8 Å². The molecule has 1 unspecified atom stereocenters. The van der Waals surface area contributed by atoms with Crippen LogP contribution in [0, 0.1) is 0 Å². The monoisotopic (exact) mass is 232 g/mol. The Morgan fingerprint density at radius 2 is 2.29 bits per heavy atom. The summed E-state index contributed by atoms with van der Waals surface area (Å²) in [6.07, 6.45) is 3.62. The van der Waals surface area contributed by atoms with Gasteiger partial charge >= 0.3 is 0 Å². The lowest BCUT2D eigenvalue weighted by molar-refractivity contribution is 0.0257. The molecule has 1 heterocycles. The zero-order valence-electron chi connectivity index (χ0n) is 8.50. The predicted octanol–water partition coefficient (Wildman–Crippen LogP) is 3.75. The largest absolute Gasteiger partial charge is 0.384 e. The van der Waals surface area contributed by atoms with Gasteiger partial charge in [0.05, 0.1) is 5.60 Å². The molecule has 14 heavy (non-hydrogen) atoms. The number of hydrogen-bond acceptors (Lipinski definition) is 2. The van der Waals surface area contributed by atoms with E-state index < -0.39 is 5.60 Å². The van der Waals surface area contributed by atoms with Crippen LogP contribution in [0.3, 0.4) is 0 Å². The third-order valence-electron chi connectivity index (χ3n) is 2.43. The molecule has 0 aliphatic heterocycles. The highest BCUT2D eigenvalue weighted by Crippen LogP contribution is 2.34. The Hall–Kier alpha value is -0.0500. The van der Waals surface area contributed by atoms with E-state index >= 15 is 0 Å². The van der Waals surface area contributed by atoms with Gasteiger partial charge in [-0.25, -0.2) is 0 Å². The van der Waals surface area contributed by atoms with Crippen molar-refractivity contribution in [2.24, 2.45) is 0 Å². The van der Waals surface area contributed by atoms with Crippen molar-refractivity contribution >= 4 is 22.9 Å². The summed E-state index contributed by atoms with van der Waals surface area (Å²) in [7, 11) is 0. The molecule has 0 saturated heterocycles. The predicted molar refractivity (Wildman–Crippen MR) is 63.1 cm³/mol. The summed E-state index contributed by atoms with van der Waals surface area (Å²) in [5, 5.41) is 12.4. The molecule has 1 atom stereocenters. The summed E-state index contributed by atoms with van der Waals surface area (Å²) in [6, 6.07) is 3.97. The standard InChI is InChI=1S/C11H17ClOS/c1-2-3-6-11(13,7-8-12)10-5-4-9-14-10/h4-5,9,13H,2-3,6-8H2,1H3. The highest BCUT2D eigenvalue weighted by molar-refractivity contribution is 7.10. The minimum atomic E-state index is -0.689. The van der Waals surface area contributed by atoms with Gasteiger partial charge in [-0.3, -0.25) is 0 Å². The van der Waals surface area contributed by atoms with Crippen LogP contribution in [0.25, 0.3) is 0 Å². The first-order valence-electron chi connectivity index (χ1n) is 5.05. The maximum absolute atomic E-state index is 10.4. The molecule has 0 amide bonds. The lowest BCUT2D eigenvalue weighted by Gasteiger charge is -2.26. The Morgan fingerprint density at radius 1 is 1.50 bits per heavy atom. The maximum atomic E-state index is 10.4. The van der Waals surface area contributed by atoms with Crippen LogP contribution in [0.5, 0.6) is 0 Å². The zero-order chi connectivity index (χ0) is 10.4. The SMILES string of the molecule is CCCCC(O)(CCCl)c1cccs1. The average molecular weight is 233 g/mol. The van der Waals surface area contributed by atoms with E-state index in [9.17, 15) is 5.11 Å².